The second-order valence-corrected chi connectivity index (χ2v) is 5.90. The lowest BCUT2D eigenvalue weighted by atomic mass is 10.1. The van der Waals surface area contributed by atoms with Crippen molar-refractivity contribution >= 4 is 0 Å². The molecule has 0 aromatic heterocycles. The molecule has 110 valence electrons. The Labute approximate surface area is 116 Å². The van der Waals surface area contributed by atoms with E-state index in [9.17, 15) is 0 Å². The van der Waals surface area contributed by atoms with Crippen LogP contribution in [0.25, 0.3) is 0 Å². The predicted octanol–water partition coefficient (Wildman–Crippen LogP) is 4.06. The van der Waals surface area contributed by atoms with Gasteiger partial charge in [-0.05, 0) is 60.2 Å². The van der Waals surface area contributed by atoms with E-state index < -0.39 is 0 Å². The second kappa shape index (κ2) is 12.0. The van der Waals surface area contributed by atoms with Crippen molar-refractivity contribution in [1.29, 1.82) is 0 Å². The first-order chi connectivity index (χ1) is 8.59. The fourth-order valence-electron chi connectivity index (χ4n) is 2.54. The van der Waals surface area contributed by atoms with Crippen molar-refractivity contribution in [3.05, 3.63) is 0 Å². The number of nitrogens with zero attached hydrogens (tertiary/aromatic N) is 1. The molecule has 0 aromatic rings. The Balaban J connectivity index is 3.33. The summed E-state index contributed by atoms with van der Waals surface area (Å²) in [6.45, 7) is 15.0. The van der Waals surface area contributed by atoms with Gasteiger partial charge in [0.2, 0.25) is 0 Å². The number of hydrogen-bond acceptors (Lipinski definition) is 2. The van der Waals surface area contributed by atoms with Crippen molar-refractivity contribution in [3.63, 3.8) is 0 Å². The number of rotatable bonds is 12. The third-order valence-corrected chi connectivity index (χ3v) is 3.60. The lowest BCUT2D eigenvalue weighted by Crippen LogP contribution is -2.37. The lowest BCUT2D eigenvalue weighted by Gasteiger charge is -2.30. The van der Waals surface area contributed by atoms with Crippen LogP contribution < -0.4 is 5.32 Å². The molecule has 0 aromatic carbocycles. The van der Waals surface area contributed by atoms with E-state index in [1.165, 1.54) is 51.6 Å². The van der Waals surface area contributed by atoms with Gasteiger partial charge in [-0.1, -0.05) is 32.6 Å². The summed E-state index contributed by atoms with van der Waals surface area (Å²) in [4.78, 5) is 2.60. The molecule has 1 N–H and O–H groups in total. The number of nitrogens with one attached hydrogen (secondary N) is 1. The summed E-state index contributed by atoms with van der Waals surface area (Å²) in [6, 6.07) is 1.37. The van der Waals surface area contributed by atoms with Gasteiger partial charge in [0.1, 0.15) is 0 Å². The van der Waals surface area contributed by atoms with E-state index in [1.54, 1.807) is 0 Å². The summed E-state index contributed by atoms with van der Waals surface area (Å²) >= 11 is 0. The molecule has 0 bridgehead atoms. The molecule has 0 heterocycles. The van der Waals surface area contributed by atoms with Crippen LogP contribution in [-0.2, 0) is 0 Å². The molecule has 2 heteroatoms. The highest BCUT2D eigenvalue weighted by atomic mass is 15.2. The summed E-state index contributed by atoms with van der Waals surface area (Å²) in [5.41, 5.74) is 0. The van der Waals surface area contributed by atoms with Gasteiger partial charge in [-0.25, -0.2) is 0 Å². The van der Waals surface area contributed by atoms with Gasteiger partial charge in [0, 0.05) is 12.1 Å². The molecule has 0 radical (unpaired) electrons. The highest BCUT2D eigenvalue weighted by Gasteiger charge is 2.11. The van der Waals surface area contributed by atoms with Crippen molar-refractivity contribution in [2.24, 2.45) is 0 Å². The van der Waals surface area contributed by atoms with Gasteiger partial charge in [-0.3, -0.25) is 4.90 Å². The summed E-state index contributed by atoms with van der Waals surface area (Å²) in [6.07, 6.45) is 8.33. The molecule has 0 saturated carbocycles. The molecule has 0 unspecified atom stereocenters. The normalized spacial score (nSPS) is 12.0. The fourth-order valence-corrected chi connectivity index (χ4v) is 2.54. The highest BCUT2D eigenvalue weighted by Crippen LogP contribution is 2.10. The van der Waals surface area contributed by atoms with Crippen LogP contribution in [0.5, 0.6) is 0 Å². The smallest absolute Gasteiger partial charge is 0.00412 e. The van der Waals surface area contributed by atoms with Gasteiger partial charge in [-0.2, -0.15) is 0 Å². The van der Waals surface area contributed by atoms with Crippen LogP contribution in [0, 0.1) is 0 Å². The minimum atomic E-state index is 0.685. The van der Waals surface area contributed by atoms with E-state index in [0.29, 0.717) is 12.1 Å². The Morgan fingerprint density at radius 2 is 1.28 bits per heavy atom. The predicted molar refractivity (Wildman–Crippen MR) is 83.2 cm³/mol. The zero-order valence-corrected chi connectivity index (χ0v) is 13.5. The van der Waals surface area contributed by atoms with E-state index in [0.717, 1.165) is 6.54 Å². The molecule has 0 aliphatic carbocycles. The average Bonchev–Trinajstić information content (AvgIpc) is 2.30. The molecule has 0 atom stereocenters. The summed E-state index contributed by atoms with van der Waals surface area (Å²) in [5, 5.41) is 3.38. The molecule has 2 nitrogen and oxygen atoms in total. The van der Waals surface area contributed by atoms with Gasteiger partial charge in [-0.15, -0.1) is 0 Å². The second-order valence-electron chi connectivity index (χ2n) is 5.90. The zero-order chi connectivity index (χ0) is 13.8. The van der Waals surface area contributed by atoms with Crippen LogP contribution in [0.3, 0.4) is 0 Å². The maximum absolute atomic E-state index is 3.38. The van der Waals surface area contributed by atoms with E-state index in [4.69, 9.17) is 0 Å². The van der Waals surface area contributed by atoms with Crippen LogP contribution >= 0.6 is 0 Å². The first-order valence-electron chi connectivity index (χ1n) is 8.06. The minimum absolute atomic E-state index is 0.685. The molecular weight excluding hydrogens is 220 g/mol. The van der Waals surface area contributed by atoms with Crippen LogP contribution in [0.15, 0.2) is 0 Å². The zero-order valence-electron chi connectivity index (χ0n) is 13.5. The van der Waals surface area contributed by atoms with Gasteiger partial charge in [0.05, 0.1) is 0 Å². The summed E-state index contributed by atoms with van der Waals surface area (Å²) in [5.74, 6) is 0. The molecule has 0 aliphatic rings. The van der Waals surface area contributed by atoms with Crippen LogP contribution in [0.1, 0.15) is 73.1 Å². The summed E-state index contributed by atoms with van der Waals surface area (Å²) in [7, 11) is 0. The average molecular weight is 256 g/mol. The fraction of sp³-hybridized carbons (Fsp3) is 1.00. The molecule has 0 fully saturated rings. The molecule has 0 aliphatic heterocycles. The standard InChI is InChI=1S/C16H36N2/c1-6-17-13-11-9-7-8-10-12-14-18(15(2)3)16(4)5/h15-17H,6-14H2,1-5H3. The van der Waals surface area contributed by atoms with Crippen LogP contribution in [-0.4, -0.2) is 36.6 Å². The van der Waals surface area contributed by atoms with Crippen molar-refractivity contribution in [2.45, 2.75) is 85.2 Å². The largest absolute Gasteiger partial charge is 0.317 e. The Morgan fingerprint density at radius 3 is 1.78 bits per heavy atom. The molecular formula is C16H36N2. The maximum Gasteiger partial charge on any atom is 0.00412 e. The van der Waals surface area contributed by atoms with E-state index in [1.807, 2.05) is 0 Å². The third-order valence-electron chi connectivity index (χ3n) is 3.60. The summed E-state index contributed by atoms with van der Waals surface area (Å²) < 4.78 is 0. The van der Waals surface area contributed by atoms with E-state index in [-0.39, 0.29) is 0 Å². The van der Waals surface area contributed by atoms with Crippen molar-refractivity contribution in [3.8, 4) is 0 Å². The van der Waals surface area contributed by atoms with Gasteiger partial charge >= 0.3 is 0 Å². The molecule has 0 rings (SSSR count). The van der Waals surface area contributed by atoms with Gasteiger partial charge < -0.3 is 5.32 Å². The maximum atomic E-state index is 3.38. The number of hydrogen-bond donors (Lipinski definition) is 1. The lowest BCUT2D eigenvalue weighted by molar-refractivity contribution is 0.171. The third kappa shape index (κ3) is 9.90. The van der Waals surface area contributed by atoms with Crippen LogP contribution in [0.4, 0.5) is 0 Å². The highest BCUT2D eigenvalue weighted by molar-refractivity contribution is 4.67. The Kier molecular flexibility index (Phi) is 11.9. The minimum Gasteiger partial charge on any atom is -0.317 e. The Bertz CT molecular complexity index is 158. The first-order valence-corrected chi connectivity index (χ1v) is 8.06. The van der Waals surface area contributed by atoms with Crippen molar-refractivity contribution in [1.82, 2.24) is 10.2 Å². The molecule has 0 saturated heterocycles. The SMILES string of the molecule is CCNCCCCCCCCN(C(C)C)C(C)C. The van der Waals surface area contributed by atoms with E-state index >= 15 is 0 Å². The molecule has 18 heavy (non-hydrogen) atoms. The van der Waals surface area contributed by atoms with E-state index in [2.05, 4.69) is 44.8 Å². The van der Waals surface area contributed by atoms with Crippen molar-refractivity contribution in [2.75, 3.05) is 19.6 Å². The Morgan fingerprint density at radius 1 is 0.778 bits per heavy atom. The Hall–Kier alpha value is -0.0800. The molecule has 0 amide bonds. The topological polar surface area (TPSA) is 15.3 Å². The number of unbranched alkanes of at least 4 members (excludes halogenated alkanes) is 5. The van der Waals surface area contributed by atoms with Crippen molar-refractivity contribution < 1.29 is 0 Å². The molecule has 0 spiro atoms. The first kappa shape index (κ1) is 17.9. The monoisotopic (exact) mass is 256 g/mol. The van der Waals surface area contributed by atoms with Gasteiger partial charge in [0.15, 0.2) is 0 Å². The van der Waals surface area contributed by atoms with Gasteiger partial charge in [0.25, 0.3) is 0 Å². The quantitative estimate of drug-likeness (QED) is 0.530. The van der Waals surface area contributed by atoms with Crippen LogP contribution in [0.2, 0.25) is 0 Å².